The molecule has 0 bridgehead atoms. The van der Waals surface area contributed by atoms with Crippen molar-refractivity contribution in [3.63, 3.8) is 0 Å². The van der Waals surface area contributed by atoms with Crippen LogP contribution in [0.15, 0.2) is 29.3 Å². The molecule has 1 amide bonds. The number of aromatic nitrogens is 1. The van der Waals surface area contributed by atoms with Gasteiger partial charge in [0.2, 0.25) is 11.7 Å². The van der Waals surface area contributed by atoms with Crippen LogP contribution in [0.3, 0.4) is 0 Å². The number of carbonyl (C=O) groups excluding carboxylic acids is 2. The number of fused-ring (bicyclic) bond motifs is 1. The van der Waals surface area contributed by atoms with Crippen LogP contribution in [0, 0.1) is 5.92 Å². The minimum atomic E-state index is -0.643. The van der Waals surface area contributed by atoms with Crippen molar-refractivity contribution < 1.29 is 9.59 Å². The molecule has 3 atom stereocenters. The van der Waals surface area contributed by atoms with Crippen molar-refractivity contribution in [3.05, 3.63) is 29.3 Å². The lowest BCUT2D eigenvalue weighted by atomic mass is 9.99. The van der Waals surface area contributed by atoms with Crippen molar-refractivity contribution in [2.24, 2.45) is 22.4 Å². The number of ketones is 1. The number of nitrogens with two attached hydrogens (primary N) is 2. The Kier molecular flexibility index (Phi) is 7.38. The van der Waals surface area contributed by atoms with Crippen molar-refractivity contribution in [3.8, 4) is 0 Å². The van der Waals surface area contributed by atoms with Crippen LogP contribution in [0.25, 0.3) is 10.2 Å². The number of carbonyl (C=O) groups is 2. The van der Waals surface area contributed by atoms with E-state index in [9.17, 15) is 9.59 Å². The largest absolute Gasteiger partial charge is 0.370 e. The van der Waals surface area contributed by atoms with E-state index in [1.165, 1.54) is 11.3 Å². The summed E-state index contributed by atoms with van der Waals surface area (Å²) in [5.41, 5.74) is 11.6. The van der Waals surface area contributed by atoms with Crippen LogP contribution in [0.2, 0.25) is 0 Å². The molecule has 162 valence electrons. The maximum Gasteiger partial charge on any atom is 0.225 e. The average Bonchev–Trinajstić information content (AvgIpc) is 3.36. The summed E-state index contributed by atoms with van der Waals surface area (Å²) in [6, 6.07) is 7.20. The van der Waals surface area contributed by atoms with Crippen molar-refractivity contribution >= 4 is 39.2 Å². The van der Waals surface area contributed by atoms with E-state index in [0.717, 1.165) is 29.5 Å². The zero-order valence-electron chi connectivity index (χ0n) is 17.5. The van der Waals surface area contributed by atoms with Crippen molar-refractivity contribution in [1.29, 1.82) is 0 Å². The topological polar surface area (TPSA) is 127 Å². The molecule has 3 rings (SSSR count). The number of rotatable bonds is 9. The Labute approximate surface area is 180 Å². The van der Waals surface area contributed by atoms with Crippen LogP contribution in [0.4, 0.5) is 0 Å². The fourth-order valence-corrected chi connectivity index (χ4v) is 5.00. The third-order valence-corrected chi connectivity index (χ3v) is 6.61. The minimum absolute atomic E-state index is 0.0212. The molecule has 30 heavy (non-hydrogen) atoms. The Hall–Kier alpha value is -2.52. The van der Waals surface area contributed by atoms with Gasteiger partial charge in [0.15, 0.2) is 11.0 Å². The van der Waals surface area contributed by atoms with Crippen LogP contribution >= 0.6 is 11.3 Å². The molecule has 1 aromatic carbocycles. The average molecular weight is 431 g/mol. The van der Waals surface area contributed by atoms with Gasteiger partial charge >= 0.3 is 0 Å². The fourth-order valence-electron chi connectivity index (χ4n) is 4.04. The van der Waals surface area contributed by atoms with E-state index in [4.69, 9.17) is 11.5 Å². The number of benzene rings is 1. The summed E-state index contributed by atoms with van der Waals surface area (Å²) in [6.07, 6.45) is 3.89. The molecule has 1 fully saturated rings. The van der Waals surface area contributed by atoms with Gasteiger partial charge in [-0.15, -0.1) is 11.3 Å². The molecule has 0 radical (unpaired) electrons. The normalized spacial score (nSPS) is 19.7. The summed E-state index contributed by atoms with van der Waals surface area (Å²) < 4.78 is 0.954. The number of hydrogen-bond donors (Lipinski definition) is 3. The molecule has 1 aromatic heterocycles. The van der Waals surface area contributed by atoms with E-state index in [1.54, 1.807) is 0 Å². The van der Waals surface area contributed by atoms with Gasteiger partial charge in [-0.25, -0.2) is 4.98 Å². The second-order valence-electron chi connectivity index (χ2n) is 7.93. The van der Waals surface area contributed by atoms with Crippen LogP contribution in [0.1, 0.15) is 41.9 Å². The Morgan fingerprint density at radius 2 is 2.07 bits per heavy atom. The summed E-state index contributed by atoms with van der Waals surface area (Å²) in [4.78, 5) is 36.9. The monoisotopic (exact) mass is 430 g/mol. The fraction of sp³-hybridized carbons (Fsp3) is 0.524. The summed E-state index contributed by atoms with van der Waals surface area (Å²) in [6.45, 7) is 0.408. The lowest BCUT2D eigenvalue weighted by Crippen LogP contribution is -2.47. The molecule has 3 unspecified atom stereocenters. The van der Waals surface area contributed by atoms with E-state index < -0.39 is 6.04 Å². The van der Waals surface area contributed by atoms with Gasteiger partial charge in [0.05, 0.1) is 22.2 Å². The molecule has 1 saturated carbocycles. The van der Waals surface area contributed by atoms with Crippen LogP contribution in [-0.2, 0) is 4.79 Å². The number of aliphatic imine (C=N–C) groups is 1. The van der Waals surface area contributed by atoms with Gasteiger partial charge in [0.1, 0.15) is 0 Å². The standard InChI is InChI=1S/C21H30N6O2S/c1-27(2)16-10-5-7-13(16)19(29)25-15(9-6-12-24-21(22)23)18(28)20-26-14-8-3-4-11-17(14)30-20/h3-4,8,11,13,15-16H,5-7,9-10,12H2,1-2H3,(H,25,29)(H4,22,23,24). The van der Waals surface area contributed by atoms with E-state index in [1.807, 2.05) is 38.4 Å². The van der Waals surface area contributed by atoms with Gasteiger partial charge in [-0.3, -0.25) is 14.6 Å². The highest BCUT2D eigenvalue weighted by Gasteiger charge is 2.36. The number of nitrogens with zero attached hydrogens (tertiary/aromatic N) is 3. The van der Waals surface area contributed by atoms with Gasteiger partial charge in [-0.2, -0.15) is 0 Å². The number of amides is 1. The summed E-state index contributed by atoms with van der Waals surface area (Å²) in [7, 11) is 3.99. The van der Waals surface area contributed by atoms with E-state index in [2.05, 4.69) is 20.2 Å². The summed E-state index contributed by atoms with van der Waals surface area (Å²) >= 11 is 1.35. The first-order chi connectivity index (χ1) is 14.4. The molecule has 0 aliphatic heterocycles. The quantitative estimate of drug-likeness (QED) is 0.241. The molecular weight excluding hydrogens is 400 g/mol. The van der Waals surface area contributed by atoms with Gasteiger partial charge in [-0.05, 0) is 51.9 Å². The predicted molar refractivity (Wildman–Crippen MR) is 121 cm³/mol. The molecule has 5 N–H and O–H groups in total. The van der Waals surface area contributed by atoms with Crippen LogP contribution in [0.5, 0.6) is 0 Å². The zero-order chi connectivity index (χ0) is 21.7. The number of Topliss-reactive ketones (excluding diaryl/α,β-unsaturated/α-hetero) is 1. The molecule has 0 saturated heterocycles. The molecule has 1 aliphatic rings. The lowest BCUT2D eigenvalue weighted by molar-refractivity contribution is -0.126. The lowest BCUT2D eigenvalue weighted by Gasteiger charge is -2.27. The number of para-hydroxylation sites is 1. The van der Waals surface area contributed by atoms with E-state index >= 15 is 0 Å². The number of hydrogen-bond acceptors (Lipinski definition) is 6. The van der Waals surface area contributed by atoms with Crippen molar-refractivity contribution in [1.82, 2.24) is 15.2 Å². The second kappa shape index (κ2) is 9.99. The predicted octanol–water partition coefficient (Wildman–Crippen LogP) is 1.75. The first-order valence-corrected chi connectivity index (χ1v) is 11.1. The summed E-state index contributed by atoms with van der Waals surface area (Å²) in [5, 5.41) is 3.43. The Balaban J connectivity index is 1.76. The number of guanidine groups is 1. The molecule has 1 aliphatic carbocycles. The van der Waals surface area contributed by atoms with Gasteiger partial charge in [-0.1, -0.05) is 18.6 Å². The highest BCUT2D eigenvalue weighted by molar-refractivity contribution is 7.20. The van der Waals surface area contributed by atoms with Gasteiger partial charge in [0.25, 0.3) is 0 Å². The highest BCUT2D eigenvalue weighted by Crippen LogP contribution is 2.29. The molecule has 9 heteroatoms. The maximum atomic E-state index is 13.2. The first-order valence-electron chi connectivity index (χ1n) is 10.3. The van der Waals surface area contributed by atoms with E-state index in [-0.39, 0.29) is 29.6 Å². The van der Waals surface area contributed by atoms with Gasteiger partial charge in [0, 0.05) is 12.6 Å². The molecule has 2 aromatic rings. The highest BCUT2D eigenvalue weighted by atomic mass is 32.1. The summed E-state index contributed by atoms with van der Waals surface area (Å²) in [5.74, 6) is -0.308. The van der Waals surface area contributed by atoms with Crippen LogP contribution < -0.4 is 16.8 Å². The second-order valence-corrected chi connectivity index (χ2v) is 8.96. The Morgan fingerprint density at radius 3 is 2.77 bits per heavy atom. The molecule has 8 nitrogen and oxygen atoms in total. The van der Waals surface area contributed by atoms with E-state index in [0.29, 0.717) is 24.4 Å². The first kappa shape index (κ1) is 22.2. The molecule has 1 heterocycles. The third kappa shape index (κ3) is 5.34. The smallest absolute Gasteiger partial charge is 0.225 e. The van der Waals surface area contributed by atoms with Crippen LogP contribution in [-0.4, -0.2) is 60.3 Å². The van der Waals surface area contributed by atoms with Gasteiger partial charge < -0.3 is 21.7 Å². The number of nitrogens with one attached hydrogen (secondary N) is 1. The molecule has 0 spiro atoms. The Morgan fingerprint density at radius 1 is 1.30 bits per heavy atom. The molecular formula is C21H30N6O2S. The Bertz CT molecular complexity index is 888. The van der Waals surface area contributed by atoms with Crippen molar-refractivity contribution in [2.45, 2.75) is 44.2 Å². The third-order valence-electron chi connectivity index (χ3n) is 5.56. The number of thiazole rings is 1. The SMILES string of the molecule is CN(C)C1CCCC1C(=O)NC(CCCN=C(N)N)C(=O)c1nc2ccccc2s1. The minimum Gasteiger partial charge on any atom is -0.370 e. The van der Waals surface area contributed by atoms with Crippen molar-refractivity contribution in [2.75, 3.05) is 20.6 Å². The maximum absolute atomic E-state index is 13.2. The zero-order valence-corrected chi connectivity index (χ0v) is 18.3.